The maximum Gasteiger partial charge on any atom is 0.255 e. The summed E-state index contributed by atoms with van der Waals surface area (Å²) in [7, 11) is 0. The largest absolute Gasteiger partial charge is 0.384 e. The number of rotatable bonds is 2. The summed E-state index contributed by atoms with van der Waals surface area (Å²) < 4.78 is 0. The summed E-state index contributed by atoms with van der Waals surface area (Å²) in [6.45, 7) is 6.14. The van der Waals surface area contributed by atoms with E-state index < -0.39 is 0 Å². The molecule has 1 saturated heterocycles. The Hall–Kier alpha value is -1.58. The molecule has 2 rings (SSSR count). The third kappa shape index (κ3) is 2.57. The van der Waals surface area contributed by atoms with Gasteiger partial charge in [-0.2, -0.15) is 0 Å². The van der Waals surface area contributed by atoms with Crippen LogP contribution in [0.15, 0.2) is 18.3 Å². The van der Waals surface area contributed by atoms with Crippen LogP contribution < -0.4 is 5.73 Å². The number of anilines is 1. The molecule has 1 aromatic rings. The zero-order chi connectivity index (χ0) is 12.4. The van der Waals surface area contributed by atoms with Crippen molar-refractivity contribution in [3.05, 3.63) is 23.9 Å². The molecular formula is C13H19N3O. The van der Waals surface area contributed by atoms with Gasteiger partial charge in [-0.05, 0) is 30.4 Å². The summed E-state index contributed by atoms with van der Waals surface area (Å²) in [5.41, 5.74) is 6.13. The highest BCUT2D eigenvalue weighted by Crippen LogP contribution is 2.24. The Balaban J connectivity index is 2.04. The van der Waals surface area contributed by atoms with Crippen molar-refractivity contribution >= 4 is 11.7 Å². The molecule has 0 saturated carbocycles. The molecule has 0 aromatic carbocycles. The molecule has 1 aliphatic rings. The van der Waals surface area contributed by atoms with E-state index in [2.05, 4.69) is 18.8 Å². The molecule has 1 unspecified atom stereocenters. The van der Waals surface area contributed by atoms with Crippen molar-refractivity contribution in [3.63, 3.8) is 0 Å². The van der Waals surface area contributed by atoms with Gasteiger partial charge in [-0.25, -0.2) is 4.98 Å². The van der Waals surface area contributed by atoms with Crippen molar-refractivity contribution in [2.45, 2.75) is 20.3 Å². The Labute approximate surface area is 102 Å². The molecule has 2 N–H and O–H groups in total. The number of carbonyl (C=O) groups is 1. The van der Waals surface area contributed by atoms with E-state index >= 15 is 0 Å². The van der Waals surface area contributed by atoms with Crippen molar-refractivity contribution in [1.29, 1.82) is 0 Å². The van der Waals surface area contributed by atoms with E-state index in [1.54, 1.807) is 18.3 Å². The number of amides is 1. The monoisotopic (exact) mass is 233 g/mol. The average Bonchev–Trinajstić information content (AvgIpc) is 2.78. The van der Waals surface area contributed by atoms with E-state index in [1.165, 1.54) is 0 Å². The summed E-state index contributed by atoms with van der Waals surface area (Å²) in [6, 6.07) is 3.41. The number of nitrogens with two attached hydrogens (primary N) is 1. The molecule has 1 atom stereocenters. The summed E-state index contributed by atoms with van der Waals surface area (Å²) in [5, 5.41) is 0. The second-order valence-electron chi connectivity index (χ2n) is 5.02. The van der Waals surface area contributed by atoms with Gasteiger partial charge in [-0.15, -0.1) is 0 Å². The van der Waals surface area contributed by atoms with Crippen LogP contribution in [0.5, 0.6) is 0 Å². The predicted molar refractivity (Wildman–Crippen MR) is 67.5 cm³/mol. The summed E-state index contributed by atoms with van der Waals surface area (Å²) in [5.74, 6) is 1.78. The van der Waals surface area contributed by atoms with Crippen LogP contribution in [0, 0.1) is 11.8 Å². The first kappa shape index (κ1) is 11.9. The molecule has 17 heavy (non-hydrogen) atoms. The molecule has 1 aromatic heterocycles. The first-order valence-corrected chi connectivity index (χ1v) is 6.08. The van der Waals surface area contributed by atoms with E-state index in [1.807, 2.05) is 4.90 Å². The number of nitrogens with zero attached hydrogens (tertiary/aromatic N) is 2. The third-order valence-electron chi connectivity index (χ3n) is 3.49. The van der Waals surface area contributed by atoms with Gasteiger partial charge in [0, 0.05) is 19.3 Å². The maximum absolute atomic E-state index is 12.2. The van der Waals surface area contributed by atoms with Crippen molar-refractivity contribution in [3.8, 4) is 0 Å². The van der Waals surface area contributed by atoms with Gasteiger partial charge in [0.25, 0.3) is 5.91 Å². The van der Waals surface area contributed by atoms with Gasteiger partial charge in [0.1, 0.15) is 5.82 Å². The maximum atomic E-state index is 12.2. The van der Waals surface area contributed by atoms with Crippen LogP contribution in [0.3, 0.4) is 0 Å². The van der Waals surface area contributed by atoms with Crippen LogP contribution in [0.1, 0.15) is 30.6 Å². The minimum atomic E-state index is 0.0700. The smallest absolute Gasteiger partial charge is 0.255 e. The van der Waals surface area contributed by atoms with Crippen molar-refractivity contribution in [2.75, 3.05) is 18.8 Å². The minimum Gasteiger partial charge on any atom is -0.384 e. The van der Waals surface area contributed by atoms with Crippen molar-refractivity contribution in [2.24, 2.45) is 11.8 Å². The number of carbonyl (C=O) groups excluding carboxylic acids is 1. The number of nitrogen functional groups attached to an aromatic ring is 1. The fourth-order valence-electron chi connectivity index (χ4n) is 2.23. The molecule has 92 valence electrons. The van der Waals surface area contributed by atoms with Gasteiger partial charge < -0.3 is 10.6 Å². The highest BCUT2D eigenvalue weighted by molar-refractivity contribution is 5.94. The van der Waals surface area contributed by atoms with Gasteiger partial charge in [-0.1, -0.05) is 13.8 Å². The van der Waals surface area contributed by atoms with E-state index in [4.69, 9.17) is 5.73 Å². The van der Waals surface area contributed by atoms with Crippen LogP contribution in [-0.4, -0.2) is 28.9 Å². The van der Waals surface area contributed by atoms with Gasteiger partial charge in [-0.3, -0.25) is 4.79 Å². The molecule has 0 radical (unpaired) electrons. The zero-order valence-corrected chi connectivity index (χ0v) is 10.4. The zero-order valence-electron chi connectivity index (χ0n) is 10.4. The first-order valence-electron chi connectivity index (χ1n) is 6.08. The highest BCUT2D eigenvalue weighted by atomic mass is 16.2. The predicted octanol–water partition coefficient (Wildman–Crippen LogP) is 1.78. The van der Waals surface area contributed by atoms with Gasteiger partial charge in [0.05, 0.1) is 5.56 Å². The second kappa shape index (κ2) is 4.73. The number of hydrogen-bond donors (Lipinski definition) is 1. The van der Waals surface area contributed by atoms with Crippen LogP contribution in [0.2, 0.25) is 0 Å². The Morgan fingerprint density at radius 2 is 2.29 bits per heavy atom. The molecule has 1 fully saturated rings. The van der Waals surface area contributed by atoms with Crippen molar-refractivity contribution < 1.29 is 4.79 Å². The number of likely N-dealkylation sites (tertiary alicyclic amines) is 1. The Bertz CT molecular complexity index is 400. The number of pyridine rings is 1. The molecule has 4 nitrogen and oxygen atoms in total. The summed E-state index contributed by atoms with van der Waals surface area (Å²) >= 11 is 0. The second-order valence-corrected chi connectivity index (χ2v) is 5.02. The molecule has 4 heteroatoms. The Kier molecular flexibility index (Phi) is 3.31. The van der Waals surface area contributed by atoms with Gasteiger partial charge in [0.15, 0.2) is 0 Å². The molecule has 0 spiro atoms. The first-order chi connectivity index (χ1) is 8.08. The Morgan fingerprint density at radius 1 is 1.53 bits per heavy atom. The topological polar surface area (TPSA) is 59.2 Å². The lowest BCUT2D eigenvalue weighted by Gasteiger charge is -2.18. The fraction of sp³-hybridized carbons (Fsp3) is 0.538. The van der Waals surface area contributed by atoms with Crippen LogP contribution in [0.4, 0.5) is 5.82 Å². The van der Waals surface area contributed by atoms with Crippen LogP contribution >= 0.6 is 0 Å². The minimum absolute atomic E-state index is 0.0700. The van der Waals surface area contributed by atoms with Crippen LogP contribution in [0.25, 0.3) is 0 Å². The van der Waals surface area contributed by atoms with Crippen LogP contribution in [-0.2, 0) is 0 Å². The van der Waals surface area contributed by atoms with E-state index in [9.17, 15) is 4.79 Å². The lowest BCUT2D eigenvalue weighted by Crippen LogP contribution is -2.29. The van der Waals surface area contributed by atoms with Gasteiger partial charge >= 0.3 is 0 Å². The average molecular weight is 233 g/mol. The normalized spacial score (nSPS) is 19.9. The summed E-state index contributed by atoms with van der Waals surface area (Å²) in [4.78, 5) is 18.0. The Morgan fingerprint density at radius 3 is 2.82 bits per heavy atom. The van der Waals surface area contributed by atoms with E-state index in [-0.39, 0.29) is 5.91 Å². The molecular weight excluding hydrogens is 214 g/mol. The van der Waals surface area contributed by atoms with E-state index in [0.29, 0.717) is 23.2 Å². The molecule has 0 bridgehead atoms. The SMILES string of the molecule is CC(C)C1CCN(C(=O)c2ccc(N)nc2)C1. The number of aromatic nitrogens is 1. The fourth-order valence-corrected chi connectivity index (χ4v) is 2.23. The highest BCUT2D eigenvalue weighted by Gasteiger charge is 2.28. The molecule has 1 aliphatic heterocycles. The van der Waals surface area contributed by atoms with Gasteiger partial charge in [0.2, 0.25) is 0 Å². The lowest BCUT2D eigenvalue weighted by atomic mass is 9.95. The quantitative estimate of drug-likeness (QED) is 0.847. The third-order valence-corrected chi connectivity index (χ3v) is 3.49. The van der Waals surface area contributed by atoms with Crippen molar-refractivity contribution in [1.82, 2.24) is 9.88 Å². The number of hydrogen-bond acceptors (Lipinski definition) is 3. The molecule has 2 heterocycles. The molecule has 1 amide bonds. The lowest BCUT2D eigenvalue weighted by molar-refractivity contribution is 0.0783. The molecule has 0 aliphatic carbocycles. The van der Waals surface area contributed by atoms with E-state index in [0.717, 1.165) is 19.5 Å². The summed E-state index contributed by atoms with van der Waals surface area (Å²) in [6.07, 6.45) is 2.66. The standard InChI is InChI=1S/C13H19N3O/c1-9(2)11-5-6-16(8-11)13(17)10-3-4-12(14)15-7-10/h3-4,7,9,11H,5-6,8H2,1-2H3,(H2,14,15).